The highest BCUT2D eigenvalue weighted by atomic mass is 32.2. The Balaban J connectivity index is 2.21. The lowest BCUT2D eigenvalue weighted by Gasteiger charge is -2.44. The zero-order valence-electron chi connectivity index (χ0n) is 11.4. The third kappa shape index (κ3) is 2.37. The fourth-order valence-corrected chi connectivity index (χ4v) is 2.91. The van der Waals surface area contributed by atoms with Crippen molar-refractivity contribution in [3.05, 3.63) is 0 Å². The van der Waals surface area contributed by atoms with Crippen molar-refractivity contribution in [2.75, 3.05) is 18.6 Å². The molecule has 102 valence electrons. The number of thioether (sulfide) groups is 1. The van der Waals surface area contributed by atoms with Crippen LogP contribution in [-0.2, 0) is 9.59 Å². The molecule has 2 aliphatic rings. The Morgan fingerprint density at radius 1 is 1.44 bits per heavy atom. The summed E-state index contributed by atoms with van der Waals surface area (Å²) >= 11 is 1.71. The van der Waals surface area contributed by atoms with Gasteiger partial charge in [0.1, 0.15) is 11.6 Å². The monoisotopic (exact) mass is 270 g/mol. The van der Waals surface area contributed by atoms with E-state index in [1.165, 1.54) is 0 Å². The number of rotatable bonds is 5. The van der Waals surface area contributed by atoms with E-state index >= 15 is 0 Å². The van der Waals surface area contributed by atoms with Crippen molar-refractivity contribution in [1.29, 1.82) is 0 Å². The summed E-state index contributed by atoms with van der Waals surface area (Å²) in [6.07, 6.45) is 4.82. The van der Waals surface area contributed by atoms with Crippen molar-refractivity contribution >= 4 is 23.6 Å². The van der Waals surface area contributed by atoms with Gasteiger partial charge in [0.25, 0.3) is 0 Å². The van der Waals surface area contributed by atoms with Gasteiger partial charge in [-0.25, -0.2) is 0 Å². The van der Waals surface area contributed by atoms with Gasteiger partial charge in [0.2, 0.25) is 11.8 Å². The van der Waals surface area contributed by atoms with Crippen LogP contribution < -0.4 is 5.32 Å². The Bertz CT molecular complexity index is 357. The van der Waals surface area contributed by atoms with Gasteiger partial charge >= 0.3 is 0 Å². The van der Waals surface area contributed by atoms with Gasteiger partial charge in [-0.2, -0.15) is 11.8 Å². The number of carbonyl (C=O) groups is 2. The lowest BCUT2D eigenvalue weighted by atomic mass is 9.90. The largest absolute Gasteiger partial charge is 0.340 e. The third-order valence-corrected chi connectivity index (χ3v) is 4.64. The standard InChI is InChI=1S/C13H22N2O2S/c1-4-13(2)12(17)15(7-8-18-3)10(9-5-6-9)11(16)14-13/h9-10H,4-8H2,1-3H3,(H,14,16). The Hall–Kier alpha value is -0.710. The minimum Gasteiger partial charge on any atom is -0.340 e. The van der Waals surface area contributed by atoms with E-state index in [2.05, 4.69) is 5.32 Å². The molecule has 0 bridgehead atoms. The predicted molar refractivity (Wildman–Crippen MR) is 73.4 cm³/mol. The average Bonchev–Trinajstić information content (AvgIpc) is 3.16. The van der Waals surface area contributed by atoms with Crippen LogP contribution in [0.5, 0.6) is 0 Å². The van der Waals surface area contributed by atoms with Gasteiger partial charge in [-0.1, -0.05) is 6.92 Å². The molecule has 2 unspecified atom stereocenters. The molecule has 2 atom stereocenters. The van der Waals surface area contributed by atoms with E-state index < -0.39 is 5.54 Å². The Morgan fingerprint density at radius 2 is 2.11 bits per heavy atom. The molecule has 0 aromatic carbocycles. The van der Waals surface area contributed by atoms with E-state index in [0.29, 0.717) is 18.9 Å². The molecule has 2 rings (SSSR count). The molecule has 1 saturated heterocycles. The number of nitrogens with zero attached hydrogens (tertiary/aromatic N) is 1. The molecule has 0 radical (unpaired) electrons. The maximum atomic E-state index is 12.6. The molecular weight excluding hydrogens is 248 g/mol. The van der Waals surface area contributed by atoms with Crippen molar-refractivity contribution in [3.8, 4) is 0 Å². The summed E-state index contributed by atoms with van der Waals surface area (Å²) in [6.45, 7) is 4.47. The van der Waals surface area contributed by atoms with E-state index in [1.54, 1.807) is 11.8 Å². The summed E-state index contributed by atoms with van der Waals surface area (Å²) in [6, 6.07) is -0.218. The number of amides is 2. The number of piperazine rings is 1. The normalized spacial score (nSPS) is 32.6. The van der Waals surface area contributed by atoms with Crippen LogP contribution >= 0.6 is 11.8 Å². The first-order valence-electron chi connectivity index (χ1n) is 6.65. The zero-order valence-corrected chi connectivity index (χ0v) is 12.2. The molecule has 18 heavy (non-hydrogen) atoms. The van der Waals surface area contributed by atoms with Gasteiger partial charge < -0.3 is 10.2 Å². The van der Waals surface area contributed by atoms with Crippen LogP contribution in [0.4, 0.5) is 0 Å². The molecule has 1 heterocycles. The quantitative estimate of drug-likeness (QED) is 0.818. The van der Waals surface area contributed by atoms with E-state index in [1.807, 2.05) is 25.0 Å². The Kier molecular flexibility index (Phi) is 3.90. The topological polar surface area (TPSA) is 49.4 Å². The number of nitrogens with one attached hydrogen (secondary N) is 1. The van der Waals surface area contributed by atoms with Crippen LogP contribution in [0.25, 0.3) is 0 Å². The van der Waals surface area contributed by atoms with Gasteiger partial charge in [0, 0.05) is 12.3 Å². The minimum absolute atomic E-state index is 0.0440. The van der Waals surface area contributed by atoms with Crippen molar-refractivity contribution in [2.24, 2.45) is 5.92 Å². The molecule has 1 aliphatic carbocycles. The summed E-state index contributed by atoms with van der Waals surface area (Å²) in [4.78, 5) is 26.7. The van der Waals surface area contributed by atoms with Crippen LogP contribution in [0.15, 0.2) is 0 Å². The first-order chi connectivity index (χ1) is 8.53. The number of carbonyl (C=O) groups excluding carboxylic acids is 2. The number of hydrogen-bond donors (Lipinski definition) is 1. The Labute approximate surface area is 113 Å². The Morgan fingerprint density at radius 3 is 2.61 bits per heavy atom. The molecule has 0 aromatic rings. The van der Waals surface area contributed by atoms with Crippen LogP contribution in [-0.4, -0.2) is 46.8 Å². The van der Waals surface area contributed by atoms with E-state index in [9.17, 15) is 9.59 Å². The minimum atomic E-state index is -0.707. The van der Waals surface area contributed by atoms with Crippen molar-refractivity contribution in [3.63, 3.8) is 0 Å². The van der Waals surface area contributed by atoms with Crippen LogP contribution in [0.2, 0.25) is 0 Å². The van der Waals surface area contributed by atoms with E-state index in [-0.39, 0.29) is 17.9 Å². The highest BCUT2D eigenvalue weighted by Crippen LogP contribution is 2.38. The molecule has 4 nitrogen and oxygen atoms in total. The van der Waals surface area contributed by atoms with Gasteiger partial charge in [0.15, 0.2) is 0 Å². The van der Waals surface area contributed by atoms with Crippen molar-refractivity contribution in [1.82, 2.24) is 10.2 Å². The maximum absolute atomic E-state index is 12.6. The fourth-order valence-electron chi connectivity index (χ4n) is 2.53. The SMILES string of the molecule is CCC1(C)NC(=O)C(C2CC2)N(CCSC)C1=O. The molecule has 0 aromatic heterocycles. The van der Waals surface area contributed by atoms with Crippen molar-refractivity contribution < 1.29 is 9.59 Å². The van der Waals surface area contributed by atoms with Crippen LogP contribution in [0.3, 0.4) is 0 Å². The zero-order chi connectivity index (χ0) is 13.3. The number of hydrogen-bond acceptors (Lipinski definition) is 3. The van der Waals surface area contributed by atoms with E-state index in [0.717, 1.165) is 18.6 Å². The molecule has 2 fully saturated rings. The summed E-state index contributed by atoms with van der Waals surface area (Å²) in [7, 11) is 0. The second-order valence-electron chi connectivity index (χ2n) is 5.45. The molecule has 0 spiro atoms. The second kappa shape index (κ2) is 5.11. The molecular formula is C13H22N2O2S. The van der Waals surface area contributed by atoms with Gasteiger partial charge in [0.05, 0.1) is 0 Å². The highest BCUT2D eigenvalue weighted by Gasteiger charge is 2.51. The highest BCUT2D eigenvalue weighted by molar-refractivity contribution is 7.98. The van der Waals surface area contributed by atoms with E-state index in [4.69, 9.17) is 0 Å². The first kappa shape index (κ1) is 13.7. The van der Waals surface area contributed by atoms with Gasteiger partial charge in [-0.15, -0.1) is 0 Å². The smallest absolute Gasteiger partial charge is 0.248 e. The average molecular weight is 270 g/mol. The van der Waals surface area contributed by atoms with Crippen LogP contribution in [0.1, 0.15) is 33.1 Å². The fraction of sp³-hybridized carbons (Fsp3) is 0.846. The summed E-state index contributed by atoms with van der Waals surface area (Å²) in [5.41, 5.74) is -0.707. The van der Waals surface area contributed by atoms with Gasteiger partial charge in [-0.3, -0.25) is 9.59 Å². The predicted octanol–water partition coefficient (Wildman–Crippen LogP) is 1.26. The molecule has 1 aliphatic heterocycles. The molecule has 1 saturated carbocycles. The first-order valence-corrected chi connectivity index (χ1v) is 8.05. The van der Waals surface area contributed by atoms with Crippen molar-refractivity contribution in [2.45, 2.75) is 44.7 Å². The summed E-state index contributed by atoms with van der Waals surface area (Å²) in [5.74, 6) is 1.41. The maximum Gasteiger partial charge on any atom is 0.248 e. The molecule has 1 N–H and O–H groups in total. The van der Waals surface area contributed by atoms with Crippen LogP contribution in [0, 0.1) is 5.92 Å². The summed E-state index contributed by atoms with van der Waals surface area (Å²) in [5, 5.41) is 2.93. The van der Waals surface area contributed by atoms with Gasteiger partial charge in [-0.05, 0) is 38.4 Å². The molecule has 2 amide bonds. The second-order valence-corrected chi connectivity index (χ2v) is 6.43. The third-order valence-electron chi connectivity index (χ3n) is 4.05. The lowest BCUT2D eigenvalue weighted by molar-refractivity contribution is -0.155. The molecule has 5 heteroatoms. The summed E-state index contributed by atoms with van der Waals surface area (Å²) < 4.78 is 0. The lowest BCUT2D eigenvalue weighted by Crippen LogP contribution is -2.69.